The Morgan fingerprint density at radius 2 is 2.05 bits per heavy atom. The molecule has 4 rings (SSSR count). The maximum atomic E-state index is 15.7. The number of alkyl halides is 3. The van der Waals surface area contributed by atoms with Crippen molar-refractivity contribution in [2.75, 3.05) is 18.4 Å². The van der Waals surface area contributed by atoms with Crippen molar-refractivity contribution in [2.24, 2.45) is 5.73 Å². The number of carbonyl (C=O) groups excluding carboxylic acids is 3. The summed E-state index contributed by atoms with van der Waals surface area (Å²) in [5.41, 5.74) is 3.17. The minimum atomic E-state index is -4.84. The second-order valence-corrected chi connectivity index (χ2v) is 9.34. The van der Waals surface area contributed by atoms with Crippen LogP contribution in [0, 0.1) is 24.1 Å². The number of hydrogen-bond donors (Lipinski definition) is 4. The van der Waals surface area contributed by atoms with Gasteiger partial charge in [0.2, 0.25) is 5.91 Å². The summed E-state index contributed by atoms with van der Waals surface area (Å²) in [6.07, 6.45) is -0.0545. The number of hydrogen-bond acceptors (Lipinski definition) is 10. The van der Waals surface area contributed by atoms with Gasteiger partial charge in [0.1, 0.15) is 6.54 Å². The van der Waals surface area contributed by atoms with Crippen LogP contribution < -0.4 is 26.4 Å². The van der Waals surface area contributed by atoms with Crippen molar-refractivity contribution < 1.29 is 36.7 Å². The third kappa shape index (κ3) is 6.42. The SMILES string of the molecule is Cc1cc(Nc2nccn3c(-c4cn(CC#N)nc4C(F)(F)F)cnc23)c(OC=O)c(F)c1C(=O)N[C@H](C)CNC(=O)CN. The van der Waals surface area contributed by atoms with Gasteiger partial charge in [0.05, 0.1) is 41.3 Å². The van der Waals surface area contributed by atoms with Gasteiger partial charge in [-0.05, 0) is 25.5 Å². The van der Waals surface area contributed by atoms with Crippen LogP contribution in [0.5, 0.6) is 5.75 Å². The molecule has 0 bridgehead atoms. The summed E-state index contributed by atoms with van der Waals surface area (Å²) in [6, 6.07) is 2.42. The fourth-order valence-electron chi connectivity index (χ4n) is 4.29. The molecule has 0 aliphatic carbocycles. The van der Waals surface area contributed by atoms with E-state index in [0.717, 1.165) is 17.1 Å². The van der Waals surface area contributed by atoms with Crippen molar-refractivity contribution in [1.82, 2.24) is 34.8 Å². The highest BCUT2D eigenvalue weighted by atomic mass is 19.4. The van der Waals surface area contributed by atoms with Crippen LogP contribution in [-0.4, -0.2) is 61.6 Å². The zero-order chi connectivity index (χ0) is 32.2. The topological polar surface area (TPSA) is 194 Å². The number of anilines is 2. The number of nitrogens with two attached hydrogens (primary N) is 1. The van der Waals surface area contributed by atoms with Crippen molar-refractivity contribution in [3.8, 4) is 23.1 Å². The summed E-state index contributed by atoms with van der Waals surface area (Å²) in [6.45, 7) is 2.29. The monoisotopic (exact) mass is 616 g/mol. The highest BCUT2D eigenvalue weighted by molar-refractivity contribution is 5.98. The van der Waals surface area contributed by atoms with E-state index in [-0.39, 0.29) is 53.5 Å². The molecule has 0 unspecified atom stereocenters. The number of amides is 2. The van der Waals surface area contributed by atoms with Crippen LogP contribution >= 0.6 is 0 Å². The largest absolute Gasteiger partial charge is 0.435 e. The summed E-state index contributed by atoms with van der Waals surface area (Å²) in [4.78, 5) is 43.9. The number of nitrogens with zero attached hydrogens (tertiary/aromatic N) is 6. The number of rotatable bonds is 11. The Balaban J connectivity index is 1.71. The van der Waals surface area contributed by atoms with Crippen LogP contribution in [0.4, 0.5) is 29.1 Å². The highest BCUT2D eigenvalue weighted by Gasteiger charge is 2.38. The van der Waals surface area contributed by atoms with Gasteiger partial charge in [0, 0.05) is 31.2 Å². The fourth-order valence-corrected chi connectivity index (χ4v) is 4.29. The molecule has 3 heterocycles. The smallest absolute Gasteiger partial charge is 0.423 e. The normalized spacial score (nSPS) is 12.0. The Kier molecular flexibility index (Phi) is 9.09. The van der Waals surface area contributed by atoms with Crippen LogP contribution in [0.1, 0.15) is 28.5 Å². The Morgan fingerprint density at radius 1 is 1.30 bits per heavy atom. The Hall–Kier alpha value is -5.57. The summed E-state index contributed by atoms with van der Waals surface area (Å²) < 4.78 is 63.9. The van der Waals surface area contributed by atoms with Crippen molar-refractivity contribution >= 4 is 35.4 Å². The Bertz CT molecular complexity index is 1780. The molecule has 18 heteroatoms. The predicted octanol–water partition coefficient (Wildman–Crippen LogP) is 2.05. The third-order valence-electron chi connectivity index (χ3n) is 6.20. The zero-order valence-corrected chi connectivity index (χ0v) is 23.1. The van der Waals surface area contributed by atoms with Gasteiger partial charge in [-0.15, -0.1) is 0 Å². The standard InChI is InChI=1S/C26H24F4N10O4/c1-13-7-16(21(44-12-41)20(27)19(13)25(43)36-14(2)9-34-18(42)8-32)37-23-24-35-10-17(40(24)6-4-33-23)15-11-39(5-3-31)38-22(15)26(28,29)30/h4,6-7,10-12,14H,5,8-9,32H2,1-2H3,(H,33,37)(H,34,42)(H,36,43)/t14-/m1/s1. The number of nitrogens with one attached hydrogen (secondary N) is 3. The van der Waals surface area contributed by atoms with Crippen molar-refractivity contribution in [1.29, 1.82) is 5.26 Å². The predicted molar refractivity (Wildman–Crippen MR) is 145 cm³/mol. The van der Waals surface area contributed by atoms with E-state index in [1.807, 2.05) is 0 Å². The van der Waals surface area contributed by atoms with Crippen LogP contribution in [0.15, 0.2) is 30.9 Å². The van der Waals surface area contributed by atoms with Gasteiger partial charge in [-0.25, -0.2) is 14.4 Å². The maximum Gasteiger partial charge on any atom is 0.435 e. The van der Waals surface area contributed by atoms with Crippen LogP contribution in [0.3, 0.4) is 0 Å². The molecule has 0 aliphatic rings. The molecule has 1 atom stereocenters. The van der Waals surface area contributed by atoms with Gasteiger partial charge in [0.15, 0.2) is 28.7 Å². The number of fused-ring (bicyclic) bond motifs is 1. The van der Waals surface area contributed by atoms with Gasteiger partial charge in [-0.2, -0.15) is 23.5 Å². The van der Waals surface area contributed by atoms with E-state index in [2.05, 4.69) is 31.0 Å². The lowest BCUT2D eigenvalue weighted by atomic mass is 10.0. The maximum absolute atomic E-state index is 15.7. The molecule has 0 spiro atoms. The highest BCUT2D eigenvalue weighted by Crippen LogP contribution is 2.38. The second kappa shape index (κ2) is 12.7. The number of aryl methyl sites for hydroxylation is 1. The molecule has 4 aromatic rings. The minimum absolute atomic E-state index is 0.00828. The van der Waals surface area contributed by atoms with E-state index in [1.165, 1.54) is 29.8 Å². The molecule has 5 N–H and O–H groups in total. The van der Waals surface area contributed by atoms with Crippen LogP contribution in [-0.2, 0) is 22.3 Å². The molecule has 230 valence electrons. The molecule has 2 amide bonds. The first-order chi connectivity index (χ1) is 20.9. The number of carbonyl (C=O) groups is 3. The van der Waals surface area contributed by atoms with Crippen molar-refractivity contribution in [2.45, 2.75) is 32.6 Å². The molecule has 0 aliphatic heterocycles. The lowest BCUT2D eigenvalue weighted by Gasteiger charge is -2.18. The number of aromatic nitrogens is 5. The molecule has 0 radical (unpaired) electrons. The van der Waals surface area contributed by atoms with Gasteiger partial charge in [0.25, 0.3) is 12.4 Å². The molecule has 1 aromatic carbocycles. The third-order valence-corrected chi connectivity index (χ3v) is 6.20. The molecular weight excluding hydrogens is 592 g/mol. The average Bonchev–Trinajstić information content (AvgIpc) is 3.59. The van der Waals surface area contributed by atoms with Crippen LogP contribution in [0.2, 0.25) is 0 Å². The van der Waals surface area contributed by atoms with E-state index in [4.69, 9.17) is 15.7 Å². The number of halogens is 4. The first-order valence-electron chi connectivity index (χ1n) is 12.7. The molecule has 0 saturated carbocycles. The summed E-state index contributed by atoms with van der Waals surface area (Å²) in [5.74, 6) is -3.22. The van der Waals surface area contributed by atoms with E-state index >= 15 is 4.39 Å². The molecular formula is C26H24F4N10O4. The number of ether oxygens (including phenoxy) is 1. The van der Waals surface area contributed by atoms with E-state index in [1.54, 1.807) is 13.0 Å². The van der Waals surface area contributed by atoms with Gasteiger partial charge in [-0.3, -0.25) is 23.5 Å². The summed E-state index contributed by atoms with van der Waals surface area (Å²) in [7, 11) is 0. The Morgan fingerprint density at radius 3 is 2.70 bits per heavy atom. The van der Waals surface area contributed by atoms with Gasteiger partial charge >= 0.3 is 6.18 Å². The molecule has 0 saturated heterocycles. The Labute approximate surface area is 245 Å². The number of nitriles is 1. The van der Waals surface area contributed by atoms with E-state index < -0.39 is 53.4 Å². The van der Waals surface area contributed by atoms with E-state index in [0.29, 0.717) is 0 Å². The van der Waals surface area contributed by atoms with Crippen molar-refractivity contribution in [3.05, 3.63) is 53.5 Å². The number of benzene rings is 1. The summed E-state index contributed by atoms with van der Waals surface area (Å²) >= 11 is 0. The number of imidazole rings is 1. The van der Waals surface area contributed by atoms with Gasteiger partial charge in [-0.1, -0.05) is 0 Å². The quantitative estimate of drug-likeness (QED) is 0.143. The van der Waals surface area contributed by atoms with Crippen molar-refractivity contribution in [3.63, 3.8) is 0 Å². The lowest BCUT2D eigenvalue weighted by molar-refractivity contribution is -0.141. The van der Waals surface area contributed by atoms with Gasteiger partial charge < -0.3 is 26.4 Å². The first-order valence-corrected chi connectivity index (χ1v) is 12.7. The average molecular weight is 617 g/mol. The molecule has 3 aromatic heterocycles. The molecule has 14 nitrogen and oxygen atoms in total. The molecule has 0 fully saturated rings. The van der Waals surface area contributed by atoms with Crippen LogP contribution in [0.25, 0.3) is 16.9 Å². The summed E-state index contributed by atoms with van der Waals surface area (Å²) in [5, 5.41) is 20.2. The zero-order valence-electron chi connectivity index (χ0n) is 23.1. The minimum Gasteiger partial charge on any atom is -0.423 e. The fraction of sp³-hybridized carbons (Fsp3) is 0.269. The van der Waals surface area contributed by atoms with E-state index in [9.17, 15) is 27.6 Å². The molecule has 44 heavy (non-hydrogen) atoms. The lowest BCUT2D eigenvalue weighted by Crippen LogP contribution is -2.43. The second-order valence-electron chi connectivity index (χ2n) is 9.34. The first kappa shape index (κ1) is 31.4.